The van der Waals surface area contributed by atoms with Crippen molar-refractivity contribution in [2.75, 3.05) is 13.1 Å². The van der Waals surface area contributed by atoms with Gasteiger partial charge < -0.3 is 15.2 Å². The van der Waals surface area contributed by atoms with Gasteiger partial charge in [0.25, 0.3) is 5.91 Å². The van der Waals surface area contributed by atoms with E-state index in [0.29, 0.717) is 18.7 Å². The summed E-state index contributed by atoms with van der Waals surface area (Å²) >= 11 is 0. The van der Waals surface area contributed by atoms with Crippen LogP contribution in [0.15, 0.2) is 67.0 Å². The number of hydrogen-bond acceptors (Lipinski definition) is 4. The third kappa shape index (κ3) is 3.57. The molecule has 0 aliphatic carbocycles. The van der Waals surface area contributed by atoms with Crippen LogP contribution in [0.2, 0.25) is 0 Å². The van der Waals surface area contributed by atoms with Crippen LogP contribution >= 0.6 is 0 Å². The number of rotatable bonds is 6. The average Bonchev–Trinajstić information content (AvgIpc) is 3.07. The fourth-order valence-electron chi connectivity index (χ4n) is 3.97. The molecule has 6 nitrogen and oxygen atoms in total. The minimum absolute atomic E-state index is 0.0287. The molecule has 0 saturated heterocycles. The molecule has 0 unspecified atom stereocenters. The summed E-state index contributed by atoms with van der Waals surface area (Å²) in [4.78, 5) is 21.2. The Morgan fingerprint density at radius 1 is 1.00 bits per heavy atom. The zero-order valence-corrected chi connectivity index (χ0v) is 16.6. The van der Waals surface area contributed by atoms with E-state index >= 15 is 0 Å². The highest BCUT2D eigenvalue weighted by Crippen LogP contribution is 2.28. The molecule has 0 spiro atoms. The van der Waals surface area contributed by atoms with Crippen molar-refractivity contribution in [1.29, 1.82) is 0 Å². The summed E-state index contributed by atoms with van der Waals surface area (Å²) < 4.78 is 2.16. The third-order valence-corrected chi connectivity index (χ3v) is 5.51. The number of nitrogens with one attached hydrogen (secondary N) is 2. The van der Waals surface area contributed by atoms with Gasteiger partial charge in [-0.05, 0) is 48.4 Å². The predicted octanol–water partition coefficient (Wildman–Crippen LogP) is 3.17. The van der Waals surface area contributed by atoms with Gasteiger partial charge in [-0.25, -0.2) is 4.98 Å². The molecule has 30 heavy (non-hydrogen) atoms. The molecule has 150 valence electrons. The molecule has 1 aliphatic heterocycles. The number of aromatic nitrogens is 3. The van der Waals surface area contributed by atoms with Crippen LogP contribution in [0.4, 0.5) is 0 Å². The molecule has 3 heterocycles. The van der Waals surface area contributed by atoms with Gasteiger partial charge in [-0.2, -0.15) is 0 Å². The molecule has 4 aromatic rings. The fraction of sp³-hybridized carbons (Fsp3) is 0.208. The van der Waals surface area contributed by atoms with Crippen LogP contribution in [-0.4, -0.2) is 33.5 Å². The van der Waals surface area contributed by atoms with E-state index in [4.69, 9.17) is 4.98 Å². The Labute approximate surface area is 175 Å². The van der Waals surface area contributed by atoms with E-state index in [0.717, 1.165) is 41.9 Å². The summed E-state index contributed by atoms with van der Waals surface area (Å²) in [6.45, 7) is 3.06. The lowest BCUT2D eigenvalue weighted by Crippen LogP contribution is -2.24. The van der Waals surface area contributed by atoms with Gasteiger partial charge >= 0.3 is 0 Å². The Kier molecular flexibility index (Phi) is 4.99. The number of imidazole rings is 1. The maximum Gasteiger partial charge on any atom is 0.253 e. The highest BCUT2D eigenvalue weighted by molar-refractivity contribution is 6.06. The summed E-state index contributed by atoms with van der Waals surface area (Å²) in [6, 6.07) is 18.3. The van der Waals surface area contributed by atoms with E-state index in [9.17, 15) is 4.79 Å². The van der Waals surface area contributed by atoms with Gasteiger partial charge in [-0.15, -0.1) is 0 Å². The lowest BCUT2D eigenvalue weighted by molar-refractivity contribution is 0.0956. The molecule has 6 heteroatoms. The summed E-state index contributed by atoms with van der Waals surface area (Å²) in [7, 11) is 0. The van der Waals surface area contributed by atoms with Crippen molar-refractivity contribution in [2.45, 2.75) is 19.5 Å². The number of nitrogens with zero attached hydrogens (tertiary/aromatic N) is 3. The molecule has 0 bridgehead atoms. The van der Waals surface area contributed by atoms with Crippen LogP contribution in [0.3, 0.4) is 0 Å². The monoisotopic (exact) mass is 397 g/mol. The minimum Gasteiger partial charge on any atom is -0.350 e. The second-order valence-electron chi connectivity index (χ2n) is 7.50. The molecule has 5 rings (SSSR count). The Morgan fingerprint density at radius 2 is 1.83 bits per heavy atom. The first-order valence-corrected chi connectivity index (χ1v) is 10.3. The minimum atomic E-state index is -0.0287. The number of carbonyl (C=O) groups is 1. The fourth-order valence-corrected chi connectivity index (χ4v) is 3.97. The SMILES string of the molecule is O=C1NCCn2c(-c3ccc(CNCCc4ccncc4)cc3)nc3cccc1c32. The smallest absolute Gasteiger partial charge is 0.253 e. The second-order valence-corrected chi connectivity index (χ2v) is 7.50. The molecular weight excluding hydrogens is 374 g/mol. The van der Waals surface area contributed by atoms with E-state index in [-0.39, 0.29) is 5.91 Å². The standard InChI is InChI=1S/C24H23N5O/c30-24-20-2-1-3-21-22(20)29(15-14-27-24)23(28-21)19-6-4-18(5-7-19)16-26-13-10-17-8-11-25-12-9-17/h1-9,11-12,26H,10,13-16H2,(H,27,30). The van der Waals surface area contributed by atoms with Crippen molar-refractivity contribution >= 4 is 16.9 Å². The molecule has 2 N–H and O–H groups in total. The van der Waals surface area contributed by atoms with Crippen LogP contribution in [0.25, 0.3) is 22.4 Å². The van der Waals surface area contributed by atoms with Crippen molar-refractivity contribution in [2.24, 2.45) is 0 Å². The van der Waals surface area contributed by atoms with E-state index in [1.54, 1.807) is 0 Å². The highest BCUT2D eigenvalue weighted by Gasteiger charge is 2.21. The Bertz CT molecular complexity index is 1180. The molecule has 1 amide bonds. The first-order valence-electron chi connectivity index (χ1n) is 10.3. The van der Waals surface area contributed by atoms with Gasteiger partial charge in [0.1, 0.15) is 5.82 Å². The molecular formula is C24H23N5O. The molecule has 0 atom stereocenters. The first kappa shape index (κ1) is 18.5. The Hall–Kier alpha value is -3.51. The summed E-state index contributed by atoms with van der Waals surface area (Å²) in [6.07, 6.45) is 4.65. The number of benzene rings is 2. The van der Waals surface area contributed by atoms with Gasteiger partial charge in [0.05, 0.1) is 16.6 Å². The van der Waals surface area contributed by atoms with Crippen molar-refractivity contribution < 1.29 is 4.79 Å². The first-order chi connectivity index (χ1) is 14.8. The normalized spacial score (nSPS) is 13.3. The van der Waals surface area contributed by atoms with Gasteiger partial charge in [0, 0.05) is 37.6 Å². The summed E-state index contributed by atoms with van der Waals surface area (Å²) in [5.74, 6) is 0.880. The topological polar surface area (TPSA) is 71.8 Å². The van der Waals surface area contributed by atoms with Crippen molar-refractivity contribution in [3.63, 3.8) is 0 Å². The Balaban J connectivity index is 1.32. The molecule has 0 radical (unpaired) electrons. The van der Waals surface area contributed by atoms with Gasteiger partial charge in [-0.3, -0.25) is 9.78 Å². The quantitative estimate of drug-likeness (QED) is 0.490. The second kappa shape index (κ2) is 8.08. The van der Waals surface area contributed by atoms with Crippen LogP contribution in [0, 0.1) is 0 Å². The number of para-hydroxylation sites is 1. The number of carbonyl (C=O) groups excluding carboxylic acids is 1. The molecule has 1 aliphatic rings. The van der Waals surface area contributed by atoms with Crippen molar-refractivity contribution in [3.05, 3.63) is 83.7 Å². The van der Waals surface area contributed by atoms with E-state index in [2.05, 4.69) is 44.5 Å². The lowest BCUT2D eigenvalue weighted by atomic mass is 10.1. The number of amides is 1. The van der Waals surface area contributed by atoms with Crippen LogP contribution in [0.5, 0.6) is 0 Å². The van der Waals surface area contributed by atoms with Gasteiger partial charge in [-0.1, -0.05) is 30.3 Å². The highest BCUT2D eigenvalue weighted by atomic mass is 16.1. The predicted molar refractivity (Wildman–Crippen MR) is 117 cm³/mol. The maximum atomic E-state index is 12.3. The number of hydrogen-bond donors (Lipinski definition) is 2. The van der Waals surface area contributed by atoms with Crippen LogP contribution in [-0.2, 0) is 19.5 Å². The summed E-state index contributed by atoms with van der Waals surface area (Å²) in [5, 5.41) is 6.46. The molecule has 0 fully saturated rings. The molecule has 0 saturated carbocycles. The maximum absolute atomic E-state index is 12.3. The average molecular weight is 397 g/mol. The van der Waals surface area contributed by atoms with Crippen molar-refractivity contribution in [3.8, 4) is 11.4 Å². The van der Waals surface area contributed by atoms with Crippen LogP contribution < -0.4 is 10.6 Å². The number of pyridine rings is 1. The summed E-state index contributed by atoms with van der Waals surface area (Å²) in [5.41, 5.74) is 6.06. The van der Waals surface area contributed by atoms with Crippen LogP contribution in [0.1, 0.15) is 21.5 Å². The molecule has 2 aromatic heterocycles. The van der Waals surface area contributed by atoms with E-state index in [1.165, 1.54) is 11.1 Å². The molecule has 2 aromatic carbocycles. The largest absolute Gasteiger partial charge is 0.350 e. The van der Waals surface area contributed by atoms with Crippen molar-refractivity contribution in [1.82, 2.24) is 25.2 Å². The van der Waals surface area contributed by atoms with E-state index < -0.39 is 0 Å². The lowest BCUT2D eigenvalue weighted by Gasteiger charge is -2.09. The van der Waals surface area contributed by atoms with Gasteiger partial charge in [0.15, 0.2) is 0 Å². The van der Waals surface area contributed by atoms with Gasteiger partial charge in [0.2, 0.25) is 0 Å². The zero-order valence-electron chi connectivity index (χ0n) is 16.6. The third-order valence-electron chi connectivity index (χ3n) is 5.51. The van der Waals surface area contributed by atoms with E-state index in [1.807, 2.05) is 42.7 Å². The zero-order chi connectivity index (χ0) is 20.3. The Morgan fingerprint density at radius 3 is 2.67 bits per heavy atom.